The van der Waals surface area contributed by atoms with Gasteiger partial charge in [-0.1, -0.05) is 0 Å². The van der Waals surface area contributed by atoms with Crippen LogP contribution < -0.4 is 5.73 Å². The van der Waals surface area contributed by atoms with Gasteiger partial charge in [-0.3, -0.25) is 4.40 Å². The number of nitrogen functional groups attached to an aromatic ring is 1. The second kappa shape index (κ2) is 5.21. The maximum atomic E-state index is 12.9. The van der Waals surface area contributed by atoms with Gasteiger partial charge in [0.2, 0.25) is 0 Å². The summed E-state index contributed by atoms with van der Waals surface area (Å²) in [5.41, 5.74) is 5.79. The third-order valence-corrected chi connectivity index (χ3v) is 6.23. The molecule has 1 saturated heterocycles. The molecule has 2 unspecified atom stereocenters. The third-order valence-electron chi connectivity index (χ3n) is 3.45. The van der Waals surface area contributed by atoms with E-state index in [1.54, 1.807) is 18.5 Å². The maximum Gasteiger partial charge on any atom is 0.263 e. The van der Waals surface area contributed by atoms with Crippen molar-refractivity contribution in [3.63, 3.8) is 0 Å². The van der Waals surface area contributed by atoms with E-state index in [2.05, 4.69) is 4.98 Å². The number of fused-ring (bicyclic) bond motifs is 1. The molecule has 1 aliphatic heterocycles. The second-order valence-corrected chi connectivity index (χ2v) is 7.60. The molecule has 0 bridgehead atoms. The third kappa shape index (κ3) is 2.32. The van der Waals surface area contributed by atoms with Crippen molar-refractivity contribution in [3.8, 4) is 0 Å². The second-order valence-electron chi connectivity index (χ2n) is 4.92. The minimum atomic E-state index is -3.81. The Morgan fingerprint density at radius 1 is 1.62 bits per heavy atom. The molecule has 1 aliphatic rings. The monoisotopic (exact) mass is 332 g/mol. The zero-order valence-corrected chi connectivity index (χ0v) is 13.0. The Hall–Kier alpha value is -1.20. The summed E-state index contributed by atoms with van der Waals surface area (Å²) in [4.78, 5) is 4.60. The molecule has 3 rings (SSSR count). The summed E-state index contributed by atoms with van der Waals surface area (Å²) in [6, 6.07) is -0.332. The Morgan fingerprint density at radius 2 is 2.38 bits per heavy atom. The summed E-state index contributed by atoms with van der Waals surface area (Å²) in [6.45, 7) is 1.86. The molecule has 10 heteroatoms. The largest absolute Gasteiger partial charge is 0.394 e. The number of thiazole rings is 1. The van der Waals surface area contributed by atoms with Gasteiger partial charge in [-0.15, -0.1) is 11.3 Å². The van der Waals surface area contributed by atoms with Crippen LogP contribution in [-0.2, 0) is 14.8 Å². The molecule has 8 nitrogen and oxygen atoms in total. The van der Waals surface area contributed by atoms with Crippen molar-refractivity contribution in [1.82, 2.24) is 13.7 Å². The molecular formula is C11H16N4O4S2. The molecule has 2 atom stereocenters. The minimum Gasteiger partial charge on any atom is -0.394 e. The van der Waals surface area contributed by atoms with E-state index in [0.717, 1.165) is 0 Å². The molecule has 0 amide bonds. The Bertz CT molecular complexity index is 753. The van der Waals surface area contributed by atoms with Crippen molar-refractivity contribution in [1.29, 1.82) is 0 Å². The van der Waals surface area contributed by atoms with E-state index in [1.165, 1.54) is 20.0 Å². The highest BCUT2D eigenvalue weighted by molar-refractivity contribution is 7.89. The number of nitrogens with zero attached hydrogens (tertiary/aromatic N) is 3. The van der Waals surface area contributed by atoms with Crippen molar-refractivity contribution in [2.75, 3.05) is 25.5 Å². The molecule has 0 aliphatic carbocycles. The molecule has 0 saturated carbocycles. The number of hydrogen-bond donors (Lipinski definition) is 2. The lowest BCUT2D eigenvalue weighted by atomic mass is 10.2. The van der Waals surface area contributed by atoms with Crippen molar-refractivity contribution in [2.24, 2.45) is 0 Å². The topological polar surface area (TPSA) is 110 Å². The summed E-state index contributed by atoms with van der Waals surface area (Å²) in [6.07, 6.45) is 1.10. The fraction of sp³-hybridized carbons (Fsp3) is 0.545. The van der Waals surface area contributed by atoms with E-state index < -0.39 is 16.1 Å². The van der Waals surface area contributed by atoms with Crippen LogP contribution in [0.4, 0.5) is 5.82 Å². The van der Waals surface area contributed by atoms with Crippen LogP contribution in [0.25, 0.3) is 4.96 Å². The number of nitrogens with two attached hydrogens (primary N) is 1. The summed E-state index contributed by atoms with van der Waals surface area (Å²) in [5, 5.41) is 10.9. The summed E-state index contributed by atoms with van der Waals surface area (Å²) >= 11 is 1.32. The maximum absolute atomic E-state index is 12.9. The van der Waals surface area contributed by atoms with Gasteiger partial charge >= 0.3 is 0 Å². The zero-order valence-electron chi connectivity index (χ0n) is 11.3. The SMILES string of the molecule is CC1COC(CO)CN1S(=O)(=O)c1c(N)nc2sccn12. The molecule has 3 heterocycles. The highest BCUT2D eigenvalue weighted by Crippen LogP contribution is 2.28. The molecule has 1 fully saturated rings. The van der Waals surface area contributed by atoms with Crippen LogP contribution in [0.2, 0.25) is 0 Å². The number of sulfonamides is 1. The van der Waals surface area contributed by atoms with Crippen molar-refractivity contribution in [3.05, 3.63) is 11.6 Å². The van der Waals surface area contributed by atoms with E-state index >= 15 is 0 Å². The average Bonchev–Trinajstić information content (AvgIpc) is 2.98. The quantitative estimate of drug-likeness (QED) is 0.802. The highest BCUT2D eigenvalue weighted by atomic mass is 32.2. The number of aliphatic hydroxyl groups is 1. The normalized spacial score (nSPS) is 24.7. The van der Waals surface area contributed by atoms with E-state index in [9.17, 15) is 13.5 Å². The Kier molecular flexibility index (Phi) is 3.66. The van der Waals surface area contributed by atoms with Crippen LogP contribution in [-0.4, -0.2) is 59.1 Å². The zero-order chi connectivity index (χ0) is 15.2. The fourth-order valence-corrected chi connectivity index (χ4v) is 4.99. The van der Waals surface area contributed by atoms with Gasteiger partial charge in [0.25, 0.3) is 10.0 Å². The van der Waals surface area contributed by atoms with E-state index in [0.29, 0.717) is 4.96 Å². The first-order valence-corrected chi connectivity index (χ1v) is 8.72. The molecule has 21 heavy (non-hydrogen) atoms. The fourth-order valence-electron chi connectivity index (χ4n) is 2.39. The van der Waals surface area contributed by atoms with Gasteiger partial charge in [-0.05, 0) is 6.92 Å². The van der Waals surface area contributed by atoms with Crippen LogP contribution in [0.1, 0.15) is 6.92 Å². The Morgan fingerprint density at radius 3 is 3.10 bits per heavy atom. The van der Waals surface area contributed by atoms with Gasteiger partial charge in [0.05, 0.1) is 19.3 Å². The first-order valence-electron chi connectivity index (χ1n) is 6.40. The Balaban J connectivity index is 2.07. The highest BCUT2D eigenvalue weighted by Gasteiger charge is 2.38. The number of anilines is 1. The van der Waals surface area contributed by atoms with Crippen LogP contribution in [0.3, 0.4) is 0 Å². The van der Waals surface area contributed by atoms with Gasteiger partial charge in [0, 0.05) is 24.2 Å². The van der Waals surface area contributed by atoms with Crippen LogP contribution in [0.15, 0.2) is 16.6 Å². The van der Waals surface area contributed by atoms with Crippen LogP contribution in [0, 0.1) is 0 Å². The number of rotatable bonds is 3. The smallest absolute Gasteiger partial charge is 0.263 e. The van der Waals surface area contributed by atoms with Crippen LogP contribution in [0.5, 0.6) is 0 Å². The first-order chi connectivity index (χ1) is 9.95. The number of morpholine rings is 1. The average molecular weight is 332 g/mol. The van der Waals surface area contributed by atoms with E-state index in [-0.39, 0.29) is 36.6 Å². The van der Waals surface area contributed by atoms with Gasteiger partial charge in [-0.2, -0.15) is 4.31 Å². The number of aliphatic hydroxyl groups excluding tert-OH is 1. The van der Waals surface area contributed by atoms with Gasteiger partial charge in [-0.25, -0.2) is 13.4 Å². The number of aromatic nitrogens is 2. The lowest BCUT2D eigenvalue weighted by molar-refractivity contribution is -0.0516. The standard InChI is InChI=1S/C11H16N4O4S2/c1-7-6-19-8(5-16)4-15(7)21(17,18)10-9(12)13-11-14(10)2-3-20-11/h2-3,7-8,16H,4-6,12H2,1H3. The minimum absolute atomic E-state index is 0.0129. The van der Waals surface area contributed by atoms with Crippen molar-refractivity contribution < 1.29 is 18.3 Å². The number of ether oxygens (including phenoxy) is 1. The first kappa shape index (κ1) is 14.7. The number of hydrogen-bond acceptors (Lipinski definition) is 7. The molecule has 116 valence electrons. The summed E-state index contributed by atoms with van der Waals surface area (Å²) < 4.78 is 34.0. The van der Waals surface area contributed by atoms with E-state index in [1.807, 2.05) is 0 Å². The summed E-state index contributed by atoms with van der Waals surface area (Å²) in [5.74, 6) is -0.0129. The van der Waals surface area contributed by atoms with Gasteiger partial charge in [0.15, 0.2) is 15.8 Å². The Labute approximate surface area is 125 Å². The van der Waals surface area contributed by atoms with Crippen molar-refractivity contribution in [2.45, 2.75) is 24.1 Å². The van der Waals surface area contributed by atoms with E-state index in [4.69, 9.17) is 10.5 Å². The number of imidazole rings is 1. The molecule has 2 aromatic heterocycles. The van der Waals surface area contributed by atoms with Crippen LogP contribution >= 0.6 is 11.3 Å². The van der Waals surface area contributed by atoms with Gasteiger partial charge < -0.3 is 15.6 Å². The predicted molar refractivity (Wildman–Crippen MR) is 77.7 cm³/mol. The molecule has 3 N–H and O–H groups in total. The molecular weight excluding hydrogens is 316 g/mol. The van der Waals surface area contributed by atoms with Gasteiger partial charge in [0.1, 0.15) is 0 Å². The predicted octanol–water partition coefficient (Wildman–Crippen LogP) is -0.252. The molecule has 0 aromatic carbocycles. The molecule has 0 spiro atoms. The van der Waals surface area contributed by atoms with Crippen molar-refractivity contribution >= 4 is 32.1 Å². The summed E-state index contributed by atoms with van der Waals surface area (Å²) in [7, 11) is -3.81. The molecule has 0 radical (unpaired) electrons. The molecule has 2 aromatic rings. The lowest BCUT2D eigenvalue weighted by Gasteiger charge is -2.36. The lowest BCUT2D eigenvalue weighted by Crippen LogP contribution is -2.52.